The standard InChI is InChI=1S/C19H12ClN3O6/c20-16-6-4-11(9-15(16)19(25)26)17-7-5-14(29-17)10-21-22-18(24)12-2-1-3-13(8-12)23(27)28/h1-10H,(H,22,24)(H,25,26)/b21-10-. The minimum absolute atomic E-state index is 0.0556. The number of nitro groups is 1. The number of hydrogen-bond acceptors (Lipinski definition) is 6. The molecule has 0 atom stereocenters. The number of carboxylic acid groups (broad SMARTS) is 1. The first-order chi connectivity index (χ1) is 13.8. The Balaban J connectivity index is 1.70. The number of furan rings is 1. The van der Waals surface area contributed by atoms with Gasteiger partial charge in [-0.25, -0.2) is 10.2 Å². The molecule has 0 saturated carbocycles. The number of hydrazone groups is 1. The average Bonchev–Trinajstić information content (AvgIpc) is 3.17. The minimum atomic E-state index is -1.16. The van der Waals surface area contributed by atoms with Crippen molar-refractivity contribution in [3.8, 4) is 11.3 Å². The molecular formula is C19H12ClN3O6. The van der Waals surface area contributed by atoms with E-state index in [9.17, 15) is 19.7 Å². The summed E-state index contributed by atoms with van der Waals surface area (Å²) < 4.78 is 5.56. The Kier molecular flexibility index (Phi) is 5.70. The predicted molar refractivity (Wildman–Crippen MR) is 104 cm³/mol. The molecule has 0 saturated heterocycles. The molecule has 146 valence electrons. The number of rotatable bonds is 6. The Morgan fingerprint density at radius 3 is 2.69 bits per heavy atom. The topological polar surface area (TPSA) is 135 Å². The Labute approximate surface area is 168 Å². The van der Waals surface area contributed by atoms with Gasteiger partial charge in [0, 0.05) is 23.3 Å². The highest BCUT2D eigenvalue weighted by Gasteiger charge is 2.13. The molecule has 9 nitrogen and oxygen atoms in total. The number of carbonyl (C=O) groups excluding carboxylic acids is 1. The third-order valence-electron chi connectivity index (χ3n) is 3.79. The molecule has 10 heteroatoms. The van der Waals surface area contributed by atoms with Crippen molar-refractivity contribution in [1.82, 2.24) is 5.43 Å². The Morgan fingerprint density at radius 2 is 1.97 bits per heavy atom. The van der Waals surface area contributed by atoms with E-state index in [1.807, 2.05) is 0 Å². The van der Waals surface area contributed by atoms with Gasteiger partial charge in [-0.05, 0) is 36.4 Å². The summed E-state index contributed by atoms with van der Waals surface area (Å²) in [4.78, 5) is 33.4. The molecule has 0 aliphatic heterocycles. The van der Waals surface area contributed by atoms with Crippen LogP contribution in [0, 0.1) is 10.1 Å². The second kappa shape index (κ2) is 8.36. The second-order valence-electron chi connectivity index (χ2n) is 5.71. The van der Waals surface area contributed by atoms with Crippen LogP contribution in [-0.4, -0.2) is 28.1 Å². The number of hydrogen-bond donors (Lipinski definition) is 2. The summed E-state index contributed by atoms with van der Waals surface area (Å²) in [6, 6.07) is 12.9. The maximum absolute atomic E-state index is 12.0. The summed E-state index contributed by atoms with van der Waals surface area (Å²) >= 11 is 5.85. The van der Waals surface area contributed by atoms with Crippen molar-refractivity contribution in [3.63, 3.8) is 0 Å². The molecule has 29 heavy (non-hydrogen) atoms. The average molecular weight is 414 g/mol. The zero-order valence-electron chi connectivity index (χ0n) is 14.5. The van der Waals surface area contributed by atoms with Gasteiger partial charge in [0.05, 0.1) is 21.7 Å². The zero-order chi connectivity index (χ0) is 21.0. The lowest BCUT2D eigenvalue weighted by Crippen LogP contribution is -2.17. The van der Waals surface area contributed by atoms with Crippen LogP contribution in [0.15, 0.2) is 64.1 Å². The molecule has 2 aromatic carbocycles. The normalized spacial score (nSPS) is 10.8. The molecule has 0 radical (unpaired) electrons. The van der Waals surface area contributed by atoms with Gasteiger partial charge >= 0.3 is 5.97 Å². The lowest BCUT2D eigenvalue weighted by atomic mass is 10.1. The maximum atomic E-state index is 12.0. The summed E-state index contributed by atoms with van der Waals surface area (Å²) in [6.45, 7) is 0. The summed E-state index contributed by atoms with van der Waals surface area (Å²) in [5.41, 5.74) is 2.57. The highest BCUT2D eigenvalue weighted by molar-refractivity contribution is 6.33. The van der Waals surface area contributed by atoms with E-state index in [0.29, 0.717) is 17.1 Å². The summed E-state index contributed by atoms with van der Waals surface area (Å²) in [6.07, 6.45) is 1.24. The van der Waals surface area contributed by atoms with Crippen LogP contribution in [0.5, 0.6) is 0 Å². The van der Waals surface area contributed by atoms with Crippen molar-refractivity contribution in [3.05, 3.63) is 86.6 Å². The van der Waals surface area contributed by atoms with E-state index in [2.05, 4.69) is 10.5 Å². The van der Waals surface area contributed by atoms with Crippen LogP contribution in [0.1, 0.15) is 26.5 Å². The molecule has 2 N–H and O–H groups in total. The number of amides is 1. The van der Waals surface area contributed by atoms with Crippen molar-refractivity contribution >= 4 is 35.4 Å². The fourth-order valence-corrected chi connectivity index (χ4v) is 2.60. The summed E-state index contributed by atoms with van der Waals surface area (Å²) in [5.74, 6) is -1.10. The van der Waals surface area contributed by atoms with E-state index in [4.69, 9.17) is 21.1 Å². The van der Waals surface area contributed by atoms with Gasteiger partial charge in [-0.1, -0.05) is 17.7 Å². The number of carboxylic acids is 1. The van der Waals surface area contributed by atoms with Crippen LogP contribution in [0.3, 0.4) is 0 Å². The Morgan fingerprint density at radius 1 is 1.17 bits per heavy atom. The van der Waals surface area contributed by atoms with Crippen LogP contribution in [-0.2, 0) is 0 Å². The third kappa shape index (κ3) is 4.66. The van der Waals surface area contributed by atoms with Crippen molar-refractivity contribution in [2.45, 2.75) is 0 Å². The molecule has 0 spiro atoms. The minimum Gasteiger partial charge on any atom is -0.478 e. The third-order valence-corrected chi connectivity index (χ3v) is 4.11. The van der Waals surface area contributed by atoms with Gasteiger partial charge in [0.1, 0.15) is 11.5 Å². The van der Waals surface area contributed by atoms with Gasteiger partial charge in [0.2, 0.25) is 0 Å². The quantitative estimate of drug-likeness (QED) is 0.356. The van der Waals surface area contributed by atoms with Crippen molar-refractivity contribution in [2.24, 2.45) is 5.10 Å². The van der Waals surface area contributed by atoms with Crippen molar-refractivity contribution in [2.75, 3.05) is 0 Å². The lowest BCUT2D eigenvalue weighted by Gasteiger charge is -2.02. The van der Waals surface area contributed by atoms with Gasteiger partial charge in [-0.2, -0.15) is 5.10 Å². The SMILES string of the molecule is O=C(N/N=C\c1ccc(-c2ccc(Cl)c(C(=O)O)c2)o1)c1cccc([N+](=O)[O-])c1. The highest BCUT2D eigenvalue weighted by Crippen LogP contribution is 2.26. The fraction of sp³-hybridized carbons (Fsp3) is 0. The van der Waals surface area contributed by atoms with E-state index in [0.717, 1.165) is 6.07 Å². The van der Waals surface area contributed by atoms with Crippen LogP contribution >= 0.6 is 11.6 Å². The van der Waals surface area contributed by atoms with Crippen molar-refractivity contribution < 1.29 is 24.0 Å². The molecule has 1 amide bonds. The zero-order valence-corrected chi connectivity index (χ0v) is 15.3. The molecular weight excluding hydrogens is 402 g/mol. The van der Waals surface area contributed by atoms with Gasteiger partial charge < -0.3 is 9.52 Å². The molecule has 0 unspecified atom stereocenters. The number of nitrogens with one attached hydrogen (secondary N) is 1. The smallest absolute Gasteiger partial charge is 0.337 e. The van der Waals surface area contributed by atoms with Crippen LogP contribution in [0.4, 0.5) is 5.69 Å². The molecule has 1 heterocycles. The monoisotopic (exact) mass is 413 g/mol. The largest absolute Gasteiger partial charge is 0.478 e. The molecule has 1 aromatic heterocycles. The highest BCUT2D eigenvalue weighted by atomic mass is 35.5. The first-order valence-electron chi connectivity index (χ1n) is 8.06. The Hall–Kier alpha value is -3.98. The van der Waals surface area contributed by atoms with Crippen LogP contribution in [0.2, 0.25) is 5.02 Å². The van der Waals surface area contributed by atoms with E-state index < -0.39 is 16.8 Å². The first kappa shape index (κ1) is 19.8. The van der Waals surface area contributed by atoms with Gasteiger partial charge in [0.25, 0.3) is 11.6 Å². The number of non-ortho nitro benzene ring substituents is 1. The number of carbonyl (C=O) groups is 2. The number of nitrogens with zero attached hydrogens (tertiary/aromatic N) is 2. The lowest BCUT2D eigenvalue weighted by molar-refractivity contribution is -0.384. The second-order valence-corrected chi connectivity index (χ2v) is 6.12. The molecule has 3 rings (SSSR count). The van der Waals surface area contributed by atoms with E-state index in [1.54, 1.807) is 18.2 Å². The number of halogens is 1. The van der Waals surface area contributed by atoms with Gasteiger partial charge in [-0.15, -0.1) is 0 Å². The van der Waals surface area contributed by atoms with Crippen LogP contribution in [0.25, 0.3) is 11.3 Å². The van der Waals surface area contributed by atoms with Crippen molar-refractivity contribution in [1.29, 1.82) is 0 Å². The molecule has 0 aliphatic rings. The molecule has 0 aliphatic carbocycles. The van der Waals surface area contributed by atoms with E-state index in [1.165, 1.54) is 36.5 Å². The number of aromatic carboxylic acids is 1. The molecule has 0 bridgehead atoms. The fourth-order valence-electron chi connectivity index (χ4n) is 2.40. The van der Waals surface area contributed by atoms with E-state index >= 15 is 0 Å². The van der Waals surface area contributed by atoms with Gasteiger partial charge in [0.15, 0.2) is 0 Å². The Bertz CT molecular complexity index is 1140. The van der Waals surface area contributed by atoms with Gasteiger partial charge in [-0.3, -0.25) is 14.9 Å². The van der Waals surface area contributed by atoms with Crippen LogP contribution < -0.4 is 5.43 Å². The molecule has 0 fully saturated rings. The van der Waals surface area contributed by atoms with E-state index in [-0.39, 0.29) is 21.8 Å². The number of nitro benzene ring substituents is 1. The number of benzene rings is 2. The predicted octanol–water partition coefficient (Wildman–Crippen LogP) is 3.97. The first-order valence-corrected chi connectivity index (χ1v) is 8.44. The summed E-state index contributed by atoms with van der Waals surface area (Å²) in [7, 11) is 0. The summed E-state index contributed by atoms with van der Waals surface area (Å²) in [5, 5.41) is 23.8. The molecule has 3 aromatic rings. The maximum Gasteiger partial charge on any atom is 0.337 e.